The Bertz CT molecular complexity index is 914. The minimum Gasteiger partial charge on any atom is -0.507 e. The molecule has 0 radical (unpaired) electrons. The molecule has 2 aliphatic heterocycles. The molecular formula is C17H13N5O2S2. The average Bonchev–Trinajstić information content (AvgIpc) is 3.02. The third kappa shape index (κ3) is 4.13. The van der Waals surface area contributed by atoms with Gasteiger partial charge in [-0.1, -0.05) is 30.3 Å². The number of carbonyl (C=O) groups is 1. The molecule has 0 aromatic heterocycles. The Morgan fingerprint density at radius 1 is 1.27 bits per heavy atom. The maximum absolute atomic E-state index is 11.6. The van der Waals surface area contributed by atoms with Gasteiger partial charge >= 0.3 is 5.24 Å². The molecule has 0 atom stereocenters. The molecule has 0 spiro atoms. The van der Waals surface area contributed by atoms with Crippen molar-refractivity contribution in [2.75, 3.05) is 0 Å². The second-order valence-electron chi connectivity index (χ2n) is 5.06. The van der Waals surface area contributed by atoms with Gasteiger partial charge in [-0.15, -0.1) is 5.11 Å². The van der Waals surface area contributed by atoms with Gasteiger partial charge < -0.3 is 15.7 Å². The second kappa shape index (κ2) is 7.89. The third-order valence-electron chi connectivity index (χ3n) is 3.34. The largest absolute Gasteiger partial charge is 0.507 e. The van der Waals surface area contributed by atoms with E-state index < -0.39 is 0 Å². The van der Waals surface area contributed by atoms with E-state index in [0.29, 0.717) is 21.9 Å². The number of carbonyl (C=O) groups excluding carboxylic acids is 1. The zero-order valence-electron chi connectivity index (χ0n) is 13.3. The summed E-state index contributed by atoms with van der Waals surface area (Å²) >= 11 is 5.55. The number of amidine groups is 1. The number of aliphatic hydroxyl groups is 1. The first-order valence-electron chi connectivity index (χ1n) is 7.39. The number of azo groups is 1. The zero-order chi connectivity index (χ0) is 18.5. The molecule has 0 saturated heterocycles. The maximum Gasteiger partial charge on any atom is 0.311 e. The number of amides is 1. The fourth-order valence-electron chi connectivity index (χ4n) is 2.20. The molecule has 1 amide bonds. The van der Waals surface area contributed by atoms with Crippen LogP contribution in [0, 0.1) is 0 Å². The summed E-state index contributed by atoms with van der Waals surface area (Å²) in [5.41, 5.74) is 6.61. The number of aliphatic imine (C=N–C) groups is 1. The van der Waals surface area contributed by atoms with Crippen molar-refractivity contribution >= 4 is 45.9 Å². The standard InChI is InChI=1S/C17H13N5O2S2/c18-16(25)21-19-10-13-15(20-17(24)26-13)22-8-6-12(7-9-22)14(23)11-4-2-1-3-5-11/h1-10,23H,(H2,18,25). The molecule has 0 fully saturated rings. The SMILES string of the molecule is NC(=S)N=NC=C1SC(=O)N=C1N1C=CC(=C(O)c2ccccc2)C=C1. The summed E-state index contributed by atoms with van der Waals surface area (Å²) in [4.78, 5) is 17.8. The van der Waals surface area contributed by atoms with Crippen molar-refractivity contribution in [2.45, 2.75) is 0 Å². The number of aliphatic hydroxyl groups excluding tert-OH is 1. The van der Waals surface area contributed by atoms with Gasteiger partial charge in [0.25, 0.3) is 0 Å². The van der Waals surface area contributed by atoms with E-state index in [1.165, 1.54) is 6.20 Å². The van der Waals surface area contributed by atoms with Crippen LogP contribution in [0.25, 0.3) is 5.76 Å². The van der Waals surface area contributed by atoms with Crippen LogP contribution in [-0.2, 0) is 0 Å². The summed E-state index contributed by atoms with van der Waals surface area (Å²) in [6, 6.07) is 9.22. The quantitative estimate of drug-likeness (QED) is 0.453. The number of hydrogen-bond donors (Lipinski definition) is 2. The summed E-state index contributed by atoms with van der Waals surface area (Å²) in [7, 11) is 0. The topological polar surface area (TPSA) is 104 Å². The third-order valence-corrected chi connectivity index (χ3v) is 4.20. The molecule has 0 saturated carbocycles. The van der Waals surface area contributed by atoms with E-state index in [0.717, 1.165) is 11.8 Å². The first-order chi connectivity index (χ1) is 12.5. The maximum atomic E-state index is 11.6. The predicted molar refractivity (Wildman–Crippen MR) is 106 cm³/mol. The lowest BCUT2D eigenvalue weighted by Crippen LogP contribution is -2.20. The van der Waals surface area contributed by atoms with Crippen LogP contribution < -0.4 is 5.73 Å². The molecule has 2 heterocycles. The van der Waals surface area contributed by atoms with Gasteiger partial charge in [-0.2, -0.15) is 10.1 Å². The number of rotatable bonds is 2. The van der Waals surface area contributed by atoms with Crippen LogP contribution in [0.1, 0.15) is 5.56 Å². The monoisotopic (exact) mass is 383 g/mol. The Hall–Kier alpha value is -3.04. The van der Waals surface area contributed by atoms with Crippen LogP contribution in [0.2, 0.25) is 0 Å². The first-order valence-corrected chi connectivity index (χ1v) is 8.62. The van der Waals surface area contributed by atoms with Crippen molar-refractivity contribution in [2.24, 2.45) is 21.0 Å². The molecule has 0 unspecified atom stereocenters. The Morgan fingerprint density at radius 3 is 2.62 bits per heavy atom. The number of thioether (sulfide) groups is 1. The van der Waals surface area contributed by atoms with Crippen LogP contribution in [0.15, 0.2) is 86.8 Å². The van der Waals surface area contributed by atoms with E-state index in [2.05, 4.69) is 27.4 Å². The molecule has 3 N–H and O–H groups in total. The van der Waals surface area contributed by atoms with E-state index in [1.807, 2.05) is 30.3 Å². The summed E-state index contributed by atoms with van der Waals surface area (Å²) in [6.45, 7) is 0. The predicted octanol–water partition coefficient (Wildman–Crippen LogP) is 4.10. The lowest BCUT2D eigenvalue weighted by Gasteiger charge is -2.19. The van der Waals surface area contributed by atoms with Crippen molar-refractivity contribution in [1.29, 1.82) is 0 Å². The minimum absolute atomic E-state index is 0.0985. The van der Waals surface area contributed by atoms with Crippen molar-refractivity contribution in [3.8, 4) is 0 Å². The van der Waals surface area contributed by atoms with Crippen LogP contribution in [0.5, 0.6) is 0 Å². The summed E-state index contributed by atoms with van der Waals surface area (Å²) in [5, 5.41) is 17.2. The lowest BCUT2D eigenvalue weighted by atomic mass is 10.1. The molecule has 2 aliphatic rings. The van der Waals surface area contributed by atoms with Crippen molar-refractivity contribution < 1.29 is 9.90 Å². The van der Waals surface area contributed by atoms with E-state index in [4.69, 9.17) is 5.73 Å². The van der Waals surface area contributed by atoms with Crippen LogP contribution in [0.3, 0.4) is 0 Å². The Labute approximate surface area is 159 Å². The van der Waals surface area contributed by atoms with Gasteiger partial charge in [0.15, 0.2) is 5.84 Å². The molecule has 1 aromatic carbocycles. The molecule has 1 aromatic rings. The smallest absolute Gasteiger partial charge is 0.311 e. The Balaban J connectivity index is 1.82. The highest BCUT2D eigenvalue weighted by Crippen LogP contribution is 2.31. The Kier molecular flexibility index (Phi) is 5.40. The number of nitrogens with two attached hydrogens (primary N) is 1. The van der Waals surface area contributed by atoms with Crippen LogP contribution in [-0.4, -0.2) is 26.2 Å². The number of hydrogen-bond acceptors (Lipinski definition) is 6. The fraction of sp³-hybridized carbons (Fsp3) is 0. The highest BCUT2D eigenvalue weighted by Gasteiger charge is 2.25. The van der Waals surface area contributed by atoms with Gasteiger partial charge in [-0.3, -0.25) is 4.79 Å². The Morgan fingerprint density at radius 2 is 1.96 bits per heavy atom. The van der Waals surface area contributed by atoms with Crippen LogP contribution in [0.4, 0.5) is 4.79 Å². The van der Waals surface area contributed by atoms with Crippen molar-refractivity contribution in [3.05, 3.63) is 77.1 Å². The number of nitrogens with zero attached hydrogens (tertiary/aromatic N) is 4. The lowest BCUT2D eigenvalue weighted by molar-refractivity contribution is 0.267. The highest BCUT2D eigenvalue weighted by atomic mass is 32.2. The molecule has 7 nitrogen and oxygen atoms in total. The van der Waals surface area contributed by atoms with Gasteiger partial charge in [-0.05, 0) is 36.1 Å². The molecule has 0 bridgehead atoms. The van der Waals surface area contributed by atoms with Crippen molar-refractivity contribution in [3.63, 3.8) is 0 Å². The minimum atomic E-state index is -0.355. The molecule has 9 heteroatoms. The number of thiocarbonyl (C=S) groups is 1. The van der Waals surface area contributed by atoms with Gasteiger partial charge in [0.05, 0.1) is 11.1 Å². The summed E-state index contributed by atoms with van der Waals surface area (Å²) < 4.78 is 0. The van der Waals surface area contributed by atoms with Gasteiger partial charge in [-0.25, -0.2) is 0 Å². The molecule has 0 aliphatic carbocycles. The number of allylic oxidation sites excluding steroid dienone is 3. The molecule has 3 rings (SSSR count). The summed E-state index contributed by atoms with van der Waals surface area (Å²) in [5.74, 6) is 0.574. The van der Waals surface area contributed by atoms with Gasteiger partial charge in [0, 0.05) is 23.5 Å². The normalized spacial score (nSPS) is 18.1. The zero-order valence-corrected chi connectivity index (χ0v) is 14.9. The van der Waals surface area contributed by atoms with Gasteiger partial charge in [0.1, 0.15) is 5.76 Å². The highest BCUT2D eigenvalue weighted by molar-refractivity contribution is 8.18. The van der Waals surface area contributed by atoms with E-state index in [1.54, 1.807) is 29.5 Å². The van der Waals surface area contributed by atoms with E-state index >= 15 is 0 Å². The van der Waals surface area contributed by atoms with Crippen LogP contribution >= 0.6 is 24.0 Å². The van der Waals surface area contributed by atoms with Gasteiger partial charge in [0.2, 0.25) is 5.11 Å². The molecular weight excluding hydrogens is 370 g/mol. The number of benzene rings is 1. The first kappa shape index (κ1) is 17.8. The molecule has 130 valence electrons. The van der Waals surface area contributed by atoms with Crippen molar-refractivity contribution in [1.82, 2.24) is 4.90 Å². The molecule has 26 heavy (non-hydrogen) atoms. The fourth-order valence-corrected chi connectivity index (χ4v) is 2.91. The van der Waals surface area contributed by atoms with E-state index in [9.17, 15) is 9.90 Å². The summed E-state index contributed by atoms with van der Waals surface area (Å²) in [6.07, 6.45) is 8.23. The van der Waals surface area contributed by atoms with E-state index in [-0.39, 0.29) is 16.1 Å². The average molecular weight is 383 g/mol. The second-order valence-corrected chi connectivity index (χ2v) is 6.47.